The van der Waals surface area contributed by atoms with Gasteiger partial charge in [0, 0.05) is 11.9 Å². The first-order valence-electron chi connectivity index (χ1n) is 4.31. The van der Waals surface area contributed by atoms with Crippen LogP contribution in [0.5, 0.6) is 0 Å². The van der Waals surface area contributed by atoms with Crippen molar-refractivity contribution in [1.82, 2.24) is 9.97 Å². The number of hydrogen-bond donors (Lipinski definition) is 1. The second-order valence-corrected chi connectivity index (χ2v) is 3.86. The smallest absolute Gasteiger partial charge is 0.258 e. The van der Waals surface area contributed by atoms with Crippen LogP contribution >= 0.6 is 11.8 Å². The largest absolute Gasteiger partial charge is 0.430 e. The van der Waals surface area contributed by atoms with E-state index in [0.717, 1.165) is 0 Å². The second-order valence-electron chi connectivity index (χ2n) is 2.93. The van der Waals surface area contributed by atoms with Gasteiger partial charge in [0.05, 0.1) is 5.71 Å². The summed E-state index contributed by atoms with van der Waals surface area (Å²) >= 11 is 1.37. The van der Waals surface area contributed by atoms with Crippen LogP contribution in [0.25, 0.3) is 11.2 Å². The maximum atomic E-state index is 8.46. The van der Waals surface area contributed by atoms with Crippen LogP contribution in [0, 0.1) is 0 Å². The van der Waals surface area contributed by atoms with E-state index in [1.54, 1.807) is 19.2 Å². The molecule has 1 N–H and O–H groups in total. The summed E-state index contributed by atoms with van der Waals surface area (Å²) in [7, 11) is 0. The highest BCUT2D eigenvalue weighted by atomic mass is 32.2. The number of pyridine rings is 1. The lowest BCUT2D eigenvalue weighted by Gasteiger charge is -1.92. The molecule has 78 valence electrons. The average molecular weight is 223 g/mol. The van der Waals surface area contributed by atoms with E-state index < -0.39 is 0 Å². The summed E-state index contributed by atoms with van der Waals surface area (Å²) in [5.41, 5.74) is 1.88. The molecule has 0 fully saturated rings. The highest BCUT2D eigenvalue weighted by Gasteiger charge is 2.06. The van der Waals surface area contributed by atoms with Crippen molar-refractivity contribution in [2.75, 3.05) is 5.75 Å². The van der Waals surface area contributed by atoms with Crippen molar-refractivity contribution in [3.8, 4) is 0 Å². The van der Waals surface area contributed by atoms with Crippen molar-refractivity contribution in [3.63, 3.8) is 0 Å². The van der Waals surface area contributed by atoms with Crippen LogP contribution in [0.4, 0.5) is 0 Å². The van der Waals surface area contributed by atoms with Crippen molar-refractivity contribution in [3.05, 3.63) is 18.3 Å². The molecule has 0 saturated heterocycles. The molecule has 0 spiro atoms. The lowest BCUT2D eigenvalue weighted by molar-refractivity contribution is 0.318. The normalized spacial score (nSPS) is 12.2. The van der Waals surface area contributed by atoms with E-state index >= 15 is 0 Å². The molecule has 0 unspecified atom stereocenters. The Bertz CT molecular complexity index is 462. The van der Waals surface area contributed by atoms with E-state index in [0.29, 0.717) is 27.9 Å². The fourth-order valence-corrected chi connectivity index (χ4v) is 1.70. The first-order chi connectivity index (χ1) is 7.29. The minimum atomic E-state index is 0.534. The monoisotopic (exact) mass is 223 g/mol. The van der Waals surface area contributed by atoms with Crippen molar-refractivity contribution < 1.29 is 9.62 Å². The predicted octanol–water partition coefficient (Wildman–Crippen LogP) is 2.17. The third-order valence-corrected chi connectivity index (χ3v) is 2.70. The van der Waals surface area contributed by atoms with Gasteiger partial charge in [-0.25, -0.2) is 4.98 Å². The highest BCUT2D eigenvalue weighted by Crippen LogP contribution is 2.21. The molecule has 5 nitrogen and oxygen atoms in total. The fraction of sp³-hybridized carbons (Fsp3) is 0.222. The molecular weight excluding hydrogens is 214 g/mol. The van der Waals surface area contributed by atoms with E-state index in [2.05, 4.69) is 15.1 Å². The minimum absolute atomic E-state index is 0.534. The van der Waals surface area contributed by atoms with Crippen LogP contribution in [0.3, 0.4) is 0 Å². The van der Waals surface area contributed by atoms with Gasteiger partial charge in [0.1, 0.15) is 0 Å². The Kier molecular flexibility index (Phi) is 2.86. The lowest BCUT2D eigenvalue weighted by Crippen LogP contribution is -1.94. The summed E-state index contributed by atoms with van der Waals surface area (Å²) in [6.07, 6.45) is 1.67. The second kappa shape index (κ2) is 4.31. The summed E-state index contributed by atoms with van der Waals surface area (Å²) in [6, 6.07) is 3.61. The van der Waals surface area contributed by atoms with Crippen molar-refractivity contribution >= 4 is 28.7 Å². The highest BCUT2D eigenvalue weighted by molar-refractivity contribution is 7.99. The van der Waals surface area contributed by atoms with E-state index in [1.165, 1.54) is 11.8 Å². The minimum Gasteiger partial charge on any atom is -0.430 e. The zero-order valence-electron chi connectivity index (χ0n) is 8.04. The van der Waals surface area contributed by atoms with Crippen LogP contribution in [0.2, 0.25) is 0 Å². The SMILES string of the molecule is CC(CSc1nc2ncccc2o1)=NO. The molecule has 0 aromatic carbocycles. The summed E-state index contributed by atoms with van der Waals surface area (Å²) in [6.45, 7) is 1.73. The number of nitrogens with zero attached hydrogens (tertiary/aromatic N) is 3. The fourth-order valence-electron chi connectivity index (χ4n) is 1.01. The molecule has 2 rings (SSSR count). The quantitative estimate of drug-likeness (QED) is 0.373. The first-order valence-corrected chi connectivity index (χ1v) is 5.30. The third kappa shape index (κ3) is 2.27. The molecule has 0 radical (unpaired) electrons. The zero-order valence-corrected chi connectivity index (χ0v) is 8.86. The van der Waals surface area contributed by atoms with Gasteiger partial charge in [-0.05, 0) is 19.1 Å². The molecule has 0 aliphatic rings. The Hall–Kier alpha value is -1.56. The zero-order chi connectivity index (χ0) is 10.7. The number of thioether (sulfide) groups is 1. The molecule has 0 bridgehead atoms. The standard InChI is InChI=1S/C9H9N3O2S/c1-6(12-13)5-15-9-11-8-7(14-9)3-2-4-10-8/h2-4,13H,5H2,1H3. The van der Waals surface area contributed by atoms with E-state index in [1.807, 2.05) is 6.07 Å². The first kappa shape index (κ1) is 9.97. The van der Waals surface area contributed by atoms with Crippen LogP contribution in [-0.4, -0.2) is 26.6 Å². The topological polar surface area (TPSA) is 71.5 Å². The van der Waals surface area contributed by atoms with Gasteiger partial charge in [0.15, 0.2) is 11.2 Å². The van der Waals surface area contributed by atoms with Gasteiger partial charge in [0.2, 0.25) is 0 Å². The Morgan fingerprint density at radius 1 is 1.67 bits per heavy atom. The van der Waals surface area contributed by atoms with Gasteiger partial charge in [0.25, 0.3) is 5.22 Å². The maximum Gasteiger partial charge on any atom is 0.258 e. The van der Waals surface area contributed by atoms with Gasteiger partial charge < -0.3 is 9.62 Å². The molecular formula is C9H9N3O2S. The van der Waals surface area contributed by atoms with Crippen LogP contribution in [0.1, 0.15) is 6.92 Å². The summed E-state index contributed by atoms with van der Waals surface area (Å²) in [5.74, 6) is 0.545. The Labute approximate surface area is 90.2 Å². The molecule has 0 amide bonds. The van der Waals surface area contributed by atoms with Gasteiger partial charge in [-0.2, -0.15) is 4.98 Å². The van der Waals surface area contributed by atoms with Crippen LogP contribution < -0.4 is 0 Å². The number of rotatable bonds is 3. The van der Waals surface area contributed by atoms with Gasteiger partial charge >= 0.3 is 0 Å². The number of aromatic nitrogens is 2. The van der Waals surface area contributed by atoms with Gasteiger partial charge in [-0.1, -0.05) is 16.9 Å². The number of fused-ring (bicyclic) bond motifs is 1. The van der Waals surface area contributed by atoms with Gasteiger partial charge in [-0.15, -0.1) is 0 Å². The molecule has 6 heteroatoms. The average Bonchev–Trinajstić information content (AvgIpc) is 2.68. The lowest BCUT2D eigenvalue weighted by atomic mass is 10.5. The molecule has 2 aromatic rings. The van der Waals surface area contributed by atoms with E-state index in [4.69, 9.17) is 9.62 Å². The molecule has 0 aliphatic heterocycles. The van der Waals surface area contributed by atoms with Crippen molar-refractivity contribution in [2.45, 2.75) is 12.1 Å². The van der Waals surface area contributed by atoms with E-state index in [9.17, 15) is 0 Å². The predicted molar refractivity (Wildman–Crippen MR) is 57.4 cm³/mol. The third-order valence-electron chi connectivity index (χ3n) is 1.72. The number of oxazole rings is 1. The molecule has 15 heavy (non-hydrogen) atoms. The van der Waals surface area contributed by atoms with Crippen LogP contribution in [0.15, 0.2) is 33.1 Å². The van der Waals surface area contributed by atoms with Crippen LogP contribution in [-0.2, 0) is 0 Å². The molecule has 2 heterocycles. The molecule has 0 atom stereocenters. The van der Waals surface area contributed by atoms with E-state index in [-0.39, 0.29) is 0 Å². The Balaban J connectivity index is 2.15. The summed E-state index contributed by atoms with van der Waals surface area (Å²) in [4.78, 5) is 8.22. The van der Waals surface area contributed by atoms with Crippen molar-refractivity contribution in [1.29, 1.82) is 0 Å². The van der Waals surface area contributed by atoms with Crippen molar-refractivity contribution in [2.24, 2.45) is 5.16 Å². The maximum absolute atomic E-state index is 8.46. The Morgan fingerprint density at radius 3 is 3.27 bits per heavy atom. The number of oxime groups is 1. The summed E-state index contributed by atoms with van der Waals surface area (Å²) in [5, 5.41) is 12.1. The van der Waals surface area contributed by atoms with Gasteiger partial charge in [-0.3, -0.25) is 0 Å². The molecule has 0 saturated carbocycles. The number of hydrogen-bond acceptors (Lipinski definition) is 6. The molecule has 2 aromatic heterocycles. The summed E-state index contributed by atoms with van der Waals surface area (Å²) < 4.78 is 5.42. The Morgan fingerprint density at radius 2 is 2.53 bits per heavy atom. The molecule has 0 aliphatic carbocycles.